The summed E-state index contributed by atoms with van der Waals surface area (Å²) in [6.07, 6.45) is 0. The molecule has 0 N–H and O–H groups in total. The molecule has 0 aliphatic heterocycles. The lowest BCUT2D eigenvalue weighted by Gasteiger charge is -2.17. The lowest BCUT2D eigenvalue weighted by atomic mass is 10.3. The van der Waals surface area contributed by atoms with Crippen molar-refractivity contribution in [2.45, 2.75) is 11.4 Å². The molecule has 0 saturated heterocycles. The number of halogens is 1. The number of hydrogen-bond donors (Lipinski definition) is 0. The first-order chi connectivity index (χ1) is 9.45. The quantitative estimate of drug-likeness (QED) is 0.845. The van der Waals surface area contributed by atoms with E-state index in [1.165, 1.54) is 34.9 Å². The highest BCUT2D eigenvalue weighted by Crippen LogP contribution is 2.28. The molecule has 0 aliphatic carbocycles. The Morgan fingerprint density at radius 2 is 2.10 bits per heavy atom. The fraction of sp³-hybridized carbons (Fsp3) is 0.231. The molecule has 0 spiro atoms. The Kier molecular flexibility index (Phi) is 4.70. The van der Waals surface area contributed by atoms with Crippen LogP contribution in [0, 0.1) is 0 Å². The van der Waals surface area contributed by atoms with Crippen molar-refractivity contribution >= 4 is 33.0 Å². The number of ether oxygens (including phenoxy) is 1. The first-order valence-corrected chi connectivity index (χ1v) is 8.47. The summed E-state index contributed by atoms with van der Waals surface area (Å²) in [5, 5.41) is 2.19. The molecule has 0 saturated carbocycles. The molecule has 2 aromatic rings. The maximum atomic E-state index is 12.4. The predicted molar refractivity (Wildman–Crippen MR) is 81.0 cm³/mol. The molecule has 1 aromatic carbocycles. The van der Waals surface area contributed by atoms with Crippen molar-refractivity contribution in [3.63, 3.8) is 0 Å². The average molecular weight is 332 g/mol. The van der Waals surface area contributed by atoms with Crippen molar-refractivity contribution in [3.05, 3.63) is 45.6 Å². The van der Waals surface area contributed by atoms with Crippen LogP contribution in [-0.2, 0) is 16.6 Å². The molecule has 7 heteroatoms. The number of thiophene rings is 1. The SMILES string of the molecule is COc1ccc(S(=O)(=O)N(C)Cc2cccs2)cc1Cl. The minimum Gasteiger partial charge on any atom is -0.495 e. The fourth-order valence-electron chi connectivity index (χ4n) is 1.69. The van der Waals surface area contributed by atoms with E-state index in [0.717, 1.165) is 4.88 Å². The van der Waals surface area contributed by atoms with E-state index in [1.54, 1.807) is 13.1 Å². The molecular formula is C13H14ClNO3S2. The summed E-state index contributed by atoms with van der Waals surface area (Å²) < 4.78 is 31.2. The Balaban J connectivity index is 2.27. The van der Waals surface area contributed by atoms with Gasteiger partial charge in [-0.15, -0.1) is 11.3 Å². The molecule has 0 aliphatic rings. The third-order valence-corrected chi connectivity index (χ3v) is 5.75. The second-order valence-corrected chi connectivity index (χ2v) is 7.62. The lowest BCUT2D eigenvalue weighted by Crippen LogP contribution is -2.26. The van der Waals surface area contributed by atoms with Crippen LogP contribution < -0.4 is 4.74 Å². The minimum absolute atomic E-state index is 0.155. The first kappa shape index (κ1) is 15.3. The summed E-state index contributed by atoms with van der Waals surface area (Å²) in [6, 6.07) is 8.24. The summed E-state index contributed by atoms with van der Waals surface area (Å²) in [5.74, 6) is 0.450. The minimum atomic E-state index is -3.56. The Hall–Kier alpha value is -1.08. The van der Waals surface area contributed by atoms with Crippen LogP contribution >= 0.6 is 22.9 Å². The topological polar surface area (TPSA) is 46.6 Å². The van der Waals surface area contributed by atoms with E-state index in [-0.39, 0.29) is 9.92 Å². The normalized spacial score (nSPS) is 11.8. The highest BCUT2D eigenvalue weighted by atomic mass is 35.5. The van der Waals surface area contributed by atoms with Gasteiger partial charge in [0.25, 0.3) is 0 Å². The van der Waals surface area contributed by atoms with Crippen LogP contribution in [0.25, 0.3) is 0 Å². The van der Waals surface area contributed by atoms with Crippen molar-refractivity contribution in [2.24, 2.45) is 0 Å². The molecule has 1 heterocycles. The van der Waals surface area contributed by atoms with Crippen LogP contribution in [0.15, 0.2) is 40.6 Å². The molecular weight excluding hydrogens is 318 g/mol. The lowest BCUT2D eigenvalue weighted by molar-refractivity contribution is 0.414. The molecule has 0 radical (unpaired) electrons. The smallest absolute Gasteiger partial charge is 0.243 e. The average Bonchev–Trinajstić information content (AvgIpc) is 2.91. The molecule has 4 nitrogen and oxygen atoms in total. The zero-order chi connectivity index (χ0) is 14.8. The van der Waals surface area contributed by atoms with Gasteiger partial charge in [-0.2, -0.15) is 4.31 Å². The summed E-state index contributed by atoms with van der Waals surface area (Å²) in [5.41, 5.74) is 0. The van der Waals surface area contributed by atoms with Crippen LogP contribution in [0.2, 0.25) is 5.02 Å². The molecule has 2 rings (SSSR count). The second-order valence-electron chi connectivity index (χ2n) is 4.14. The highest BCUT2D eigenvalue weighted by molar-refractivity contribution is 7.89. The van der Waals surface area contributed by atoms with Crippen LogP contribution in [0.5, 0.6) is 5.75 Å². The number of nitrogens with zero attached hydrogens (tertiary/aromatic N) is 1. The molecule has 0 bridgehead atoms. The molecule has 20 heavy (non-hydrogen) atoms. The van der Waals surface area contributed by atoms with E-state index >= 15 is 0 Å². The zero-order valence-corrected chi connectivity index (χ0v) is 13.4. The maximum Gasteiger partial charge on any atom is 0.243 e. The predicted octanol–water partition coefficient (Wildman–Crippen LogP) is 3.23. The number of benzene rings is 1. The van der Waals surface area contributed by atoms with Gasteiger partial charge < -0.3 is 4.74 Å². The molecule has 1 aromatic heterocycles. The van der Waals surface area contributed by atoms with Gasteiger partial charge in [-0.1, -0.05) is 17.7 Å². The number of sulfonamides is 1. The highest BCUT2D eigenvalue weighted by Gasteiger charge is 2.22. The zero-order valence-electron chi connectivity index (χ0n) is 11.0. The Labute approximate surface area is 127 Å². The molecule has 0 unspecified atom stereocenters. The second kappa shape index (κ2) is 6.13. The van der Waals surface area contributed by atoms with Gasteiger partial charge in [0.05, 0.1) is 17.0 Å². The number of methoxy groups -OCH3 is 1. The monoisotopic (exact) mass is 331 g/mol. The third-order valence-electron chi connectivity index (χ3n) is 2.79. The first-order valence-electron chi connectivity index (χ1n) is 5.77. The summed E-state index contributed by atoms with van der Waals surface area (Å²) in [4.78, 5) is 1.14. The van der Waals surface area contributed by atoms with E-state index in [0.29, 0.717) is 12.3 Å². The fourth-order valence-corrected chi connectivity index (χ4v) is 4.03. The van der Waals surface area contributed by atoms with E-state index in [4.69, 9.17) is 16.3 Å². The Bertz CT molecular complexity index is 684. The van der Waals surface area contributed by atoms with Gasteiger partial charge in [0.15, 0.2) is 0 Å². The summed E-state index contributed by atoms with van der Waals surface area (Å²) >= 11 is 7.50. The van der Waals surface area contributed by atoms with E-state index in [1.807, 2.05) is 17.5 Å². The van der Waals surface area contributed by atoms with Crippen LogP contribution in [0.3, 0.4) is 0 Å². The van der Waals surface area contributed by atoms with Gasteiger partial charge >= 0.3 is 0 Å². The van der Waals surface area contributed by atoms with Crippen molar-refractivity contribution < 1.29 is 13.2 Å². The largest absolute Gasteiger partial charge is 0.495 e. The van der Waals surface area contributed by atoms with Gasteiger partial charge in [-0.25, -0.2) is 8.42 Å². The Morgan fingerprint density at radius 1 is 1.35 bits per heavy atom. The van der Waals surface area contributed by atoms with E-state index in [9.17, 15) is 8.42 Å². The van der Waals surface area contributed by atoms with Gasteiger partial charge in [0.1, 0.15) is 5.75 Å². The number of rotatable bonds is 5. The van der Waals surface area contributed by atoms with Gasteiger partial charge in [-0.3, -0.25) is 0 Å². The van der Waals surface area contributed by atoms with Crippen molar-refractivity contribution in [2.75, 3.05) is 14.2 Å². The molecule has 0 atom stereocenters. The molecule has 108 valence electrons. The molecule has 0 fully saturated rings. The maximum absolute atomic E-state index is 12.4. The summed E-state index contributed by atoms with van der Waals surface area (Å²) in [6.45, 7) is 0.337. The van der Waals surface area contributed by atoms with Crippen molar-refractivity contribution in [1.29, 1.82) is 0 Å². The summed E-state index contributed by atoms with van der Waals surface area (Å²) in [7, 11) is -0.529. The van der Waals surface area contributed by atoms with E-state index < -0.39 is 10.0 Å². The molecule has 0 amide bonds. The van der Waals surface area contributed by atoms with Crippen LogP contribution in [0.1, 0.15) is 4.88 Å². The van der Waals surface area contributed by atoms with Crippen LogP contribution in [0.4, 0.5) is 0 Å². The van der Waals surface area contributed by atoms with Gasteiger partial charge in [0.2, 0.25) is 10.0 Å². The van der Waals surface area contributed by atoms with Gasteiger partial charge in [0, 0.05) is 18.5 Å². The Morgan fingerprint density at radius 3 is 2.65 bits per heavy atom. The van der Waals surface area contributed by atoms with Crippen LogP contribution in [-0.4, -0.2) is 26.9 Å². The van der Waals surface area contributed by atoms with Crippen molar-refractivity contribution in [1.82, 2.24) is 4.31 Å². The standard InChI is InChI=1S/C13H14ClNO3S2/c1-15(9-10-4-3-7-19-10)20(16,17)11-5-6-13(18-2)12(14)8-11/h3-8H,9H2,1-2H3. The van der Waals surface area contributed by atoms with Crippen molar-refractivity contribution in [3.8, 4) is 5.75 Å². The van der Waals surface area contributed by atoms with Gasteiger partial charge in [-0.05, 0) is 29.6 Å². The van der Waals surface area contributed by atoms with E-state index in [2.05, 4.69) is 0 Å². The number of hydrogen-bond acceptors (Lipinski definition) is 4. The third kappa shape index (κ3) is 3.15.